The molecule has 180 valence electrons. The second-order valence-corrected chi connectivity index (χ2v) is 10.0. The van der Waals surface area contributed by atoms with Crippen LogP contribution in [-0.4, -0.2) is 44.5 Å². The average Bonchev–Trinajstić information content (AvgIpc) is 3.40. The van der Waals surface area contributed by atoms with E-state index in [-0.39, 0.29) is 17.6 Å². The van der Waals surface area contributed by atoms with E-state index in [1.54, 1.807) is 36.5 Å². The number of nitrogens with one attached hydrogen (secondary N) is 4. The lowest BCUT2D eigenvalue weighted by Gasteiger charge is -2.18. The van der Waals surface area contributed by atoms with Crippen LogP contribution in [0, 0.1) is 0 Å². The van der Waals surface area contributed by atoms with E-state index < -0.39 is 6.10 Å². The Hall–Kier alpha value is -3.33. The van der Waals surface area contributed by atoms with Gasteiger partial charge in [0, 0.05) is 23.3 Å². The summed E-state index contributed by atoms with van der Waals surface area (Å²) in [6.07, 6.45) is 0.719. The number of aromatic nitrogens is 3. The zero-order valence-corrected chi connectivity index (χ0v) is 20.6. The van der Waals surface area contributed by atoms with Crippen molar-refractivity contribution in [1.29, 1.82) is 0 Å². The molecule has 1 aliphatic heterocycles. The van der Waals surface area contributed by atoms with Gasteiger partial charge in [-0.15, -0.1) is 0 Å². The summed E-state index contributed by atoms with van der Waals surface area (Å²) in [4.78, 5) is 27.9. The minimum absolute atomic E-state index is 0.122. The summed E-state index contributed by atoms with van der Waals surface area (Å²) in [6, 6.07) is 12.5. The largest absolute Gasteiger partial charge is 0.387 e. The Morgan fingerprint density at radius 3 is 2.77 bits per heavy atom. The molecule has 1 atom stereocenters. The van der Waals surface area contributed by atoms with Crippen molar-refractivity contribution in [3.63, 3.8) is 0 Å². The maximum Gasteiger partial charge on any atom is 0.261 e. The van der Waals surface area contributed by atoms with E-state index in [1.807, 2.05) is 12.1 Å². The van der Waals surface area contributed by atoms with Gasteiger partial charge in [-0.2, -0.15) is 0 Å². The molecule has 35 heavy (non-hydrogen) atoms. The van der Waals surface area contributed by atoms with Gasteiger partial charge < -0.3 is 25.7 Å². The molecule has 10 heteroatoms. The fraction of sp³-hybridized carbons (Fsp3) is 0.240. The molecule has 5 N–H and O–H groups in total. The van der Waals surface area contributed by atoms with Gasteiger partial charge in [-0.25, -0.2) is 4.98 Å². The van der Waals surface area contributed by atoms with Gasteiger partial charge in [-0.1, -0.05) is 35.3 Å². The van der Waals surface area contributed by atoms with Gasteiger partial charge in [0.25, 0.3) is 5.56 Å². The SMILES string of the molecule is CC1(C)CN=C(c2cc(Cl)c3nc(-c4c(NCC(O)c5cccc(Cl)c5)cc[nH]c4=O)[nH]c3c2)N1. The lowest BCUT2D eigenvalue weighted by Crippen LogP contribution is -2.39. The van der Waals surface area contributed by atoms with Crippen molar-refractivity contribution < 1.29 is 5.11 Å². The number of nitrogens with zero attached hydrogens (tertiary/aromatic N) is 2. The number of hydrogen-bond donors (Lipinski definition) is 5. The summed E-state index contributed by atoms with van der Waals surface area (Å²) in [5, 5.41) is 18.1. The number of amidine groups is 1. The molecule has 5 rings (SSSR count). The number of pyridine rings is 1. The normalized spacial score (nSPS) is 15.6. The molecular weight excluding hydrogens is 487 g/mol. The first-order valence-electron chi connectivity index (χ1n) is 11.1. The molecule has 4 aromatic rings. The Bertz CT molecular complexity index is 1510. The molecule has 2 aromatic carbocycles. The van der Waals surface area contributed by atoms with Crippen molar-refractivity contribution in [2.45, 2.75) is 25.5 Å². The zero-order chi connectivity index (χ0) is 24.7. The summed E-state index contributed by atoms with van der Waals surface area (Å²) in [7, 11) is 0. The van der Waals surface area contributed by atoms with Crippen LogP contribution in [0.1, 0.15) is 31.1 Å². The van der Waals surface area contributed by atoms with Crippen LogP contribution in [0.5, 0.6) is 0 Å². The Kier molecular flexibility index (Phi) is 6.04. The Morgan fingerprint density at radius 2 is 2.03 bits per heavy atom. The summed E-state index contributed by atoms with van der Waals surface area (Å²) in [5.41, 5.74) is 3.14. The Labute approximate surface area is 211 Å². The van der Waals surface area contributed by atoms with Crippen LogP contribution in [0.3, 0.4) is 0 Å². The first kappa shape index (κ1) is 23.4. The van der Waals surface area contributed by atoms with Gasteiger partial charge in [0.2, 0.25) is 0 Å². The molecule has 1 unspecified atom stereocenters. The second-order valence-electron chi connectivity index (χ2n) is 9.16. The summed E-state index contributed by atoms with van der Waals surface area (Å²) < 4.78 is 0. The number of imidazole rings is 1. The Balaban J connectivity index is 1.47. The molecule has 0 radical (unpaired) electrons. The van der Waals surface area contributed by atoms with Gasteiger partial charge in [-0.05, 0) is 49.7 Å². The number of benzene rings is 2. The average molecular weight is 511 g/mol. The first-order valence-corrected chi connectivity index (χ1v) is 11.9. The molecule has 3 heterocycles. The molecule has 0 aliphatic carbocycles. The molecule has 0 bridgehead atoms. The van der Waals surface area contributed by atoms with E-state index >= 15 is 0 Å². The predicted octanol–water partition coefficient (Wildman–Crippen LogP) is 4.50. The lowest BCUT2D eigenvalue weighted by atomic mass is 10.1. The van der Waals surface area contributed by atoms with E-state index in [9.17, 15) is 9.90 Å². The van der Waals surface area contributed by atoms with Crippen molar-refractivity contribution in [2.24, 2.45) is 4.99 Å². The van der Waals surface area contributed by atoms with Crippen LogP contribution in [-0.2, 0) is 0 Å². The van der Waals surface area contributed by atoms with E-state index in [0.29, 0.717) is 50.3 Å². The smallest absolute Gasteiger partial charge is 0.261 e. The second kappa shape index (κ2) is 9.03. The molecule has 0 saturated heterocycles. The molecule has 8 nitrogen and oxygen atoms in total. The van der Waals surface area contributed by atoms with Crippen molar-refractivity contribution in [3.05, 3.63) is 80.2 Å². The number of aromatic amines is 2. The third kappa shape index (κ3) is 4.77. The highest BCUT2D eigenvalue weighted by molar-refractivity contribution is 6.35. The quantitative estimate of drug-likeness (QED) is 0.261. The molecule has 0 saturated carbocycles. The number of fused-ring (bicyclic) bond motifs is 1. The van der Waals surface area contributed by atoms with E-state index in [4.69, 9.17) is 23.2 Å². The number of halogens is 2. The zero-order valence-electron chi connectivity index (χ0n) is 19.1. The van der Waals surface area contributed by atoms with Crippen molar-refractivity contribution in [3.8, 4) is 11.4 Å². The summed E-state index contributed by atoms with van der Waals surface area (Å²) in [5.74, 6) is 1.13. The van der Waals surface area contributed by atoms with Crippen LogP contribution >= 0.6 is 23.2 Å². The third-order valence-corrected chi connectivity index (χ3v) is 6.34. The minimum Gasteiger partial charge on any atom is -0.387 e. The van der Waals surface area contributed by atoms with Crippen LogP contribution in [0.15, 0.2) is 58.4 Å². The molecule has 2 aromatic heterocycles. The van der Waals surface area contributed by atoms with Crippen LogP contribution in [0.25, 0.3) is 22.4 Å². The summed E-state index contributed by atoms with van der Waals surface area (Å²) >= 11 is 12.6. The lowest BCUT2D eigenvalue weighted by molar-refractivity contribution is 0.191. The number of rotatable bonds is 6. The molecular formula is C25H24Cl2N6O2. The van der Waals surface area contributed by atoms with Crippen molar-refractivity contribution >= 4 is 45.8 Å². The van der Waals surface area contributed by atoms with Crippen LogP contribution < -0.4 is 16.2 Å². The maximum atomic E-state index is 12.8. The highest BCUT2D eigenvalue weighted by Crippen LogP contribution is 2.30. The van der Waals surface area contributed by atoms with Gasteiger partial charge >= 0.3 is 0 Å². The highest BCUT2D eigenvalue weighted by atomic mass is 35.5. The van der Waals surface area contributed by atoms with Gasteiger partial charge in [0.05, 0.1) is 34.4 Å². The number of H-pyrrole nitrogens is 2. The number of aliphatic hydroxyl groups is 1. The van der Waals surface area contributed by atoms with Crippen LogP contribution in [0.4, 0.5) is 5.69 Å². The summed E-state index contributed by atoms with van der Waals surface area (Å²) in [6.45, 7) is 5.00. The van der Waals surface area contributed by atoms with Crippen molar-refractivity contribution in [1.82, 2.24) is 20.3 Å². The third-order valence-electron chi connectivity index (χ3n) is 5.82. The van der Waals surface area contributed by atoms with Crippen LogP contribution in [0.2, 0.25) is 10.0 Å². The number of aliphatic imine (C=N–C) groups is 1. The number of hydrogen-bond acceptors (Lipinski definition) is 6. The highest BCUT2D eigenvalue weighted by Gasteiger charge is 2.26. The standard InChI is InChI=1S/C25H24Cl2N6O2/c1-25(2)12-30-22(33-25)14-9-16(27)21-18(10-14)31-23(32-21)20-17(6-7-28-24(20)35)29-11-19(34)13-4-3-5-15(26)8-13/h3-10,19,34H,11-12H2,1-2H3,(H,30,33)(H,31,32)(H2,28,29,35). The maximum absolute atomic E-state index is 12.8. The van der Waals surface area contributed by atoms with Gasteiger partial charge in [0.15, 0.2) is 0 Å². The van der Waals surface area contributed by atoms with Crippen molar-refractivity contribution in [2.75, 3.05) is 18.4 Å². The van der Waals surface area contributed by atoms with Gasteiger partial charge in [-0.3, -0.25) is 9.79 Å². The monoisotopic (exact) mass is 510 g/mol. The van der Waals surface area contributed by atoms with E-state index in [2.05, 4.69) is 44.4 Å². The molecule has 0 spiro atoms. The minimum atomic E-state index is -0.822. The Morgan fingerprint density at radius 1 is 1.20 bits per heavy atom. The van der Waals surface area contributed by atoms with E-state index in [0.717, 1.165) is 11.4 Å². The van der Waals surface area contributed by atoms with E-state index in [1.165, 1.54) is 0 Å². The number of aliphatic hydroxyl groups excluding tert-OH is 1. The topological polar surface area (TPSA) is 118 Å². The first-order chi connectivity index (χ1) is 16.7. The van der Waals surface area contributed by atoms with Gasteiger partial charge in [0.1, 0.15) is 22.7 Å². The fourth-order valence-corrected chi connectivity index (χ4v) is 4.53. The fourth-order valence-electron chi connectivity index (χ4n) is 4.07. The molecule has 0 amide bonds. The molecule has 0 fully saturated rings. The predicted molar refractivity (Wildman–Crippen MR) is 141 cm³/mol. The molecule has 1 aliphatic rings. The number of anilines is 1.